The Kier molecular flexibility index (Phi) is 12.5. The molecular formula is C27H43N3O4. The summed E-state index contributed by atoms with van der Waals surface area (Å²) in [6.07, 6.45) is 12.7. The van der Waals surface area contributed by atoms with Crippen LogP contribution in [0.1, 0.15) is 95.0 Å². The van der Waals surface area contributed by atoms with Gasteiger partial charge in [-0.25, -0.2) is 0 Å². The number of aromatic amines is 1. The zero-order valence-corrected chi connectivity index (χ0v) is 21.1. The maximum Gasteiger partial charge on any atom is 0.268 e. The molecule has 0 spiro atoms. The Labute approximate surface area is 204 Å². The van der Waals surface area contributed by atoms with Crippen molar-refractivity contribution >= 4 is 22.7 Å². The Balaban J connectivity index is 1.70. The average Bonchev–Trinajstić information content (AvgIpc) is 3.27. The second-order valence-electron chi connectivity index (χ2n) is 9.12. The van der Waals surface area contributed by atoms with Crippen molar-refractivity contribution in [2.45, 2.75) is 96.6 Å². The third-order valence-electron chi connectivity index (χ3n) is 6.22. The summed E-state index contributed by atoms with van der Waals surface area (Å²) in [5.41, 5.74) is 1.07. The van der Waals surface area contributed by atoms with E-state index in [9.17, 15) is 14.7 Å². The standard InChI is InChI=1S/C27H43N3O4/c1-4-5-6-7-8-9-10-11-12-13-14-18-28-27(33)25(20(2)31)30-26(32)23-19-21-22(29-23)16-15-17-24(21)34-3/h15-17,19-20,25,29,31H,4-14,18H2,1-3H3,(H,28,33)(H,30,32)/t20-,25+/m1/s1. The lowest BCUT2D eigenvalue weighted by Gasteiger charge is -2.20. The third kappa shape index (κ3) is 9.01. The molecule has 190 valence electrons. The maximum atomic E-state index is 12.7. The molecule has 0 bridgehead atoms. The van der Waals surface area contributed by atoms with Crippen molar-refractivity contribution in [3.05, 3.63) is 30.0 Å². The molecule has 0 aliphatic heterocycles. The van der Waals surface area contributed by atoms with Crippen molar-refractivity contribution in [2.24, 2.45) is 0 Å². The molecule has 2 rings (SSSR count). The zero-order valence-electron chi connectivity index (χ0n) is 21.1. The Morgan fingerprint density at radius 1 is 1.00 bits per heavy atom. The highest BCUT2D eigenvalue weighted by atomic mass is 16.5. The highest BCUT2D eigenvalue weighted by Gasteiger charge is 2.26. The predicted octanol–water partition coefficient (Wildman–Crippen LogP) is 5.08. The number of methoxy groups -OCH3 is 1. The smallest absolute Gasteiger partial charge is 0.268 e. The molecule has 0 fully saturated rings. The van der Waals surface area contributed by atoms with E-state index in [2.05, 4.69) is 22.5 Å². The Hall–Kier alpha value is -2.54. The summed E-state index contributed by atoms with van der Waals surface area (Å²) in [5.74, 6) is -0.164. The van der Waals surface area contributed by atoms with Gasteiger partial charge in [0.1, 0.15) is 17.5 Å². The van der Waals surface area contributed by atoms with E-state index in [4.69, 9.17) is 4.74 Å². The molecule has 7 nitrogen and oxygen atoms in total. The van der Waals surface area contributed by atoms with Gasteiger partial charge in [0, 0.05) is 17.4 Å². The molecule has 0 radical (unpaired) electrons. The van der Waals surface area contributed by atoms with Gasteiger partial charge in [0.05, 0.1) is 13.2 Å². The van der Waals surface area contributed by atoms with Crippen LogP contribution in [0, 0.1) is 0 Å². The largest absolute Gasteiger partial charge is 0.496 e. The Morgan fingerprint density at radius 3 is 2.21 bits per heavy atom. The number of ether oxygens (including phenoxy) is 1. The van der Waals surface area contributed by atoms with Gasteiger partial charge in [0.15, 0.2) is 0 Å². The number of unbranched alkanes of at least 4 members (excludes halogenated alkanes) is 10. The number of aliphatic hydroxyl groups is 1. The first-order valence-corrected chi connectivity index (χ1v) is 12.9. The first-order valence-electron chi connectivity index (χ1n) is 12.9. The van der Waals surface area contributed by atoms with Gasteiger partial charge < -0.3 is 25.5 Å². The van der Waals surface area contributed by atoms with E-state index in [1.54, 1.807) is 13.2 Å². The van der Waals surface area contributed by atoms with Crippen LogP contribution in [0.25, 0.3) is 10.9 Å². The molecular weight excluding hydrogens is 430 g/mol. The lowest BCUT2D eigenvalue weighted by Crippen LogP contribution is -2.52. The lowest BCUT2D eigenvalue weighted by molar-refractivity contribution is -0.125. The molecule has 0 aliphatic rings. The van der Waals surface area contributed by atoms with Crippen LogP contribution in [0.5, 0.6) is 5.75 Å². The van der Waals surface area contributed by atoms with Gasteiger partial charge in [0.2, 0.25) is 5.91 Å². The molecule has 0 aliphatic carbocycles. The van der Waals surface area contributed by atoms with Crippen LogP contribution < -0.4 is 15.4 Å². The number of hydrogen-bond acceptors (Lipinski definition) is 4. The number of aromatic nitrogens is 1. The topological polar surface area (TPSA) is 103 Å². The fourth-order valence-corrected chi connectivity index (χ4v) is 4.16. The highest BCUT2D eigenvalue weighted by molar-refractivity contribution is 6.01. The van der Waals surface area contributed by atoms with Crippen LogP contribution in [-0.2, 0) is 4.79 Å². The number of carbonyl (C=O) groups excluding carboxylic acids is 2. The van der Waals surface area contributed by atoms with Crippen molar-refractivity contribution < 1.29 is 19.4 Å². The Morgan fingerprint density at radius 2 is 1.62 bits per heavy atom. The van der Waals surface area contributed by atoms with Crippen molar-refractivity contribution in [3.63, 3.8) is 0 Å². The van der Waals surface area contributed by atoms with Crippen molar-refractivity contribution in [1.29, 1.82) is 0 Å². The minimum absolute atomic E-state index is 0.309. The van der Waals surface area contributed by atoms with E-state index in [1.165, 1.54) is 64.7 Å². The van der Waals surface area contributed by atoms with Gasteiger partial charge in [-0.05, 0) is 31.5 Å². The van der Waals surface area contributed by atoms with Gasteiger partial charge in [0.25, 0.3) is 5.91 Å². The van der Waals surface area contributed by atoms with Crippen LogP contribution >= 0.6 is 0 Å². The second kappa shape index (κ2) is 15.4. The van der Waals surface area contributed by atoms with Crippen LogP contribution in [0.4, 0.5) is 0 Å². The SMILES string of the molecule is CCCCCCCCCCCCCNC(=O)[C@@H](NC(=O)c1cc2c(OC)cccc2[nH]1)[C@@H](C)O. The first kappa shape index (κ1) is 27.7. The zero-order chi connectivity index (χ0) is 24.8. The number of aliphatic hydroxyl groups excluding tert-OH is 1. The molecule has 4 N–H and O–H groups in total. The number of fused-ring (bicyclic) bond motifs is 1. The molecule has 0 saturated carbocycles. The van der Waals surface area contributed by atoms with E-state index < -0.39 is 18.1 Å². The normalized spacial score (nSPS) is 12.9. The van der Waals surface area contributed by atoms with E-state index >= 15 is 0 Å². The molecule has 34 heavy (non-hydrogen) atoms. The number of carbonyl (C=O) groups is 2. The number of amides is 2. The number of rotatable bonds is 17. The molecule has 2 amide bonds. The summed E-state index contributed by atoms with van der Waals surface area (Å²) in [7, 11) is 1.57. The second-order valence-corrected chi connectivity index (χ2v) is 9.12. The summed E-state index contributed by atoms with van der Waals surface area (Å²) in [4.78, 5) is 28.4. The van der Waals surface area contributed by atoms with Gasteiger partial charge >= 0.3 is 0 Å². The predicted molar refractivity (Wildman–Crippen MR) is 137 cm³/mol. The maximum absolute atomic E-state index is 12.7. The van der Waals surface area contributed by atoms with E-state index in [-0.39, 0.29) is 5.91 Å². The monoisotopic (exact) mass is 473 g/mol. The van der Waals surface area contributed by atoms with E-state index in [1.807, 2.05) is 18.2 Å². The fraction of sp³-hybridized carbons (Fsp3) is 0.630. The summed E-state index contributed by atoms with van der Waals surface area (Å²) in [5, 5.41) is 16.4. The van der Waals surface area contributed by atoms with Crippen LogP contribution in [0.2, 0.25) is 0 Å². The number of hydrogen-bond donors (Lipinski definition) is 4. The molecule has 7 heteroatoms. The molecule has 1 aromatic heterocycles. The molecule has 2 atom stereocenters. The summed E-state index contributed by atoms with van der Waals surface area (Å²) >= 11 is 0. The van der Waals surface area contributed by atoms with Gasteiger partial charge in [-0.1, -0.05) is 77.2 Å². The summed E-state index contributed by atoms with van der Waals surface area (Å²) < 4.78 is 5.33. The summed E-state index contributed by atoms with van der Waals surface area (Å²) in [6, 6.07) is 6.17. The molecule has 0 unspecified atom stereocenters. The molecule has 0 saturated heterocycles. The average molecular weight is 474 g/mol. The quantitative estimate of drug-likeness (QED) is 0.240. The van der Waals surface area contributed by atoms with Crippen LogP contribution in [0.3, 0.4) is 0 Å². The minimum atomic E-state index is -1.02. The minimum Gasteiger partial charge on any atom is -0.496 e. The van der Waals surface area contributed by atoms with Gasteiger partial charge in [-0.2, -0.15) is 0 Å². The van der Waals surface area contributed by atoms with Gasteiger partial charge in [-0.15, -0.1) is 0 Å². The fourth-order valence-electron chi connectivity index (χ4n) is 4.16. The summed E-state index contributed by atoms with van der Waals surface area (Å²) in [6.45, 7) is 4.28. The van der Waals surface area contributed by atoms with Crippen molar-refractivity contribution in [1.82, 2.24) is 15.6 Å². The molecule has 2 aromatic rings. The number of nitrogens with one attached hydrogen (secondary N) is 3. The third-order valence-corrected chi connectivity index (χ3v) is 6.22. The number of H-pyrrole nitrogens is 1. The molecule has 1 heterocycles. The molecule has 1 aromatic carbocycles. The lowest BCUT2D eigenvalue weighted by atomic mass is 10.1. The highest BCUT2D eigenvalue weighted by Crippen LogP contribution is 2.26. The van der Waals surface area contributed by atoms with Crippen molar-refractivity contribution in [3.8, 4) is 5.75 Å². The number of benzene rings is 1. The van der Waals surface area contributed by atoms with Gasteiger partial charge in [-0.3, -0.25) is 9.59 Å². The van der Waals surface area contributed by atoms with E-state index in [0.717, 1.165) is 23.7 Å². The van der Waals surface area contributed by atoms with Crippen LogP contribution in [-0.4, -0.2) is 47.7 Å². The van der Waals surface area contributed by atoms with Crippen molar-refractivity contribution in [2.75, 3.05) is 13.7 Å². The van der Waals surface area contributed by atoms with E-state index in [0.29, 0.717) is 18.0 Å². The Bertz CT molecular complexity index is 878. The first-order chi connectivity index (χ1) is 16.5. The van der Waals surface area contributed by atoms with Crippen LogP contribution in [0.15, 0.2) is 24.3 Å².